The SMILES string of the molecule is CCNc1ncc(Br)cc1S(=O)(=O)N(CC)CC(C)C. The molecule has 1 N–H and O–H groups in total. The summed E-state index contributed by atoms with van der Waals surface area (Å²) in [7, 11) is -3.54. The Labute approximate surface area is 130 Å². The fourth-order valence-corrected chi connectivity index (χ4v) is 4.10. The molecule has 20 heavy (non-hydrogen) atoms. The normalized spacial score (nSPS) is 12.2. The quantitative estimate of drug-likeness (QED) is 0.808. The van der Waals surface area contributed by atoms with Gasteiger partial charge in [0, 0.05) is 30.3 Å². The molecule has 0 aliphatic rings. The van der Waals surface area contributed by atoms with Crippen LogP contribution in [-0.2, 0) is 10.0 Å². The van der Waals surface area contributed by atoms with Crippen LogP contribution in [0.5, 0.6) is 0 Å². The first-order chi connectivity index (χ1) is 9.32. The van der Waals surface area contributed by atoms with E-state index in [1.54, 1.807) is 12.3 Å². The van der Waals surface area contributed by atoms with E-state index in [9.17, 15) is 8.42 Å². The molecule has 114 valence electrons. The van der Waals surface area contributed by atoms with Crippen LogP contribution < -0.4 is 5.32 Å². The molecule has 0 radical (unpaired) electrons. The first-order valence-electron chi connectivity index (χ1n) is 6.72. The van der Waals surface area contributed by atoms with Crippen LogP contribution >= 0.6 is 15.9 Å². The van der Waals surface area contributed by atoms with Gasteiger partial charge in [-0.25, -0.2) is 13.4 Å². The molecule has 0 atom stereocenters. The number of nitrogens with zero attached hydrogens (tertiary/aromatic N) is 2. The van der Waals surface area contributed by atoms with Gasteiger partial charge in [0.05, 0.1) is 0 Å². The van der Waals surface area contributed by atoms with Gasteiger partial charge in [-0.2, -0.15) is 4.31 Å². The van der Waals surface area contributed by atoms with E-state index in [2.05, 4.69) is 26.2 Å². The molecule has 0 saturated heterocycles. The highest BCUT2D eigenvalue weighted by Crippen LogP contribution is 2.26. The zero-order valence-corrected chi connectivity index (χ0v) is 14.8. The molecule has 1 rings (SSSR count). The van der Waals surface area contributed by atoms with Crippen molar-refractivity contribution in [1.82, 2.24) is 9.29 Å². The van der Waals surface area contributed by atoms with Gasteiger partial charge in [0.2, 0.25) is 10.0 Å². The highest BCUT2D eigenvalue weighted by molar-refractivity contribution is 9.10. The van der Waals surface area contributed by atoms with E-state index >= 15 is 0 Å². The molecule has 0 aliphatic carbocycles. The molecule has 0 aliphatic heterocycles. The van der Waals surface area contributed by atoms with Crippen molar-refractivity contribution in [2.24, 2.45) is 5.92 Å². The fourth-order valence-electron chi connectivity index (χ4n) is 1.86. The topological polar surface area (TPSA) is 62.3 Å². The number of anilines is 1. The first kappa shape index (κ1) is 17.4. The lowest BCUT2D eigenvalue weighted by Crippen LogP contribution is -2.34. The minimum atomic E-state index is -3.54. The van der Waals surface area contributed by atoms with Crippen molar-refractivity contribution in [3.63, 3.8) is 0 Å². The van der Waals surface area contributed by atoms with E-state index in [1.165, 1.54) is 4.31 Å². The van der Waals surface area contributed by atoms with Crippen LogP contribution in [0.2, 0.25) is 0 Å². The van der Waals surface area contributed by atoms with E-state index in [4.69, 9.17) is 0 Å². The summed E-state index contributed by atoms with van der Waals surface area (Å²) in [5.74, 6) is 0.672. The number of sulfonamides is 1. The molecule has 1 aromatic heterocycles. The average molecular weight is 364 g/mol. The lowest BCUT2D eigenvalue weighted by Gasteiger charge is -2.23. The van der Waals surface area contributed by atoms with Crippen LogP contribution in [0.3, 0.4) is 0 Å². The molecule has 0 bridgehead atoms. The van der Waals surface area contributed by atoms with Gasteiger partial charge in [-0.1, -0.05) is 20.8 Å². The lowest BCUT2D eigenvalue weighted by molar-refractivity contribution is 0.381. The van der Waals surface area contributed by atoms with E-state index in [0.29, 0.717) is 29.9 Å². The Hall–Kier alpha value is -0.660. The van der Waals surface area contributed by atoms with E-state index in [0.717, 1.165) is 0 Å². The number of pyridine rings is 1. The Morgan fingerprint density at radius 2 is 2.05 bits per heavy atom. The summed E-state index contributed by atoms with van der Waals surface area (Å²) in [5.41, 5.74) is 0. The number of hydrogen-bond donors (Lipinski definition) is 1. The molecular weight excluding hydrogens is 342 g/mol. The summed E-state index contributed by atoms with van der Waals surface area (Å²) >= 11 is 3.29. The minimum Gasteiger partial charge on any atom is -0.369 e. The van der Waals surface area contributed by atoms with Crippen LogP contribution in [0.4, 0.5) is 5.82 Å². The molecule has 0 fully saturated rings. The molecule has 0 unspecified atom stereocenters. The molecule has 0 amide bonds. The summed E-state index contributed by atoms with van der Waals surface area (Å²) < 4.78 is 27.7. The predicted molar refractivity (Wildman–Crippen MR) is 85.4 cm³/mol. The van der Waals surface area contributed by atoms with Gasteiger partial charge in [0.15, 0.2) is 0 Å². The van der Waals surface area contributed by atoms with E-state index < -0.39 is 10.0 Å². The molecule has 7 heteroatoms. The number of nitrogens with one attached hydrogen (secondary N) is 1. The maximum Gasteiger partial charge on any atom is 0.246 e. The van der Waals surface area contributed by atoms with Gasteiger partial charge in [-0.3, -0.25) is 0 Å². The van der Waals surface area contributed by atoms with Crippen LogP contribution in [0.1, 0.15) is 27.7 Å². The second kappa shape index (κ2) is 7.38. The molecule has 0 saturated carbocycles. The smallest absolute Gasteiger partial charge is 0.246 e. The highest BCUT2D eigenvalue weighted by Gasteiger charge is 2.27. The largest absolute Gasteiger partial charge is 0.369 e. The monoisotopic (exact) mass is 363 g/mol. The van der Waals surface area contributed by atoms with Crippen LogP contribution in [0.25, 0.3) is 0 Å². The molecule has 1 heterocycles. The van der Waals surface area contributed by atoms with Crippen molar-refractivity contribution >= 4 is 31.8 Å². The number of hydrogen-bond acceptors (Lipinski definition) is 4. The summed E-state index contributed by atoms with van der Waals surface area (Å²) in [6, 6.07) is 1.60. The Bertz CT molecular complexity index is 547. The fraction of sp³-hybridized carbons (Fsp3) is 0.615. The lowest BCUT2D eigenvalue weighted by atomic mass is 10.2. The van der Waals surface area contributed by atoms with Gasteiger partial charge in [-0.15, -0.1) is 0 Å². The van der Waals surface area contributed by atoms with Crippen LogP contribution in [0, 0.1) is 5.92 Å². The van der Waals surface area contributed by atoms with Crippen molar-refractivity contribution in [2.75, 3.05) is 25.0 Å². The molecule has 1 aromatic rings. The van der Waals surface area contributed by atoms with E-state index in [1.807, 2.05) is 27.7 Å². The maximum atomic E-state index is 12.8. The summed E-state index contributed by atoms with van der Waals surface area (Å²) in [4.78, 5) is 4.39. The van der Waals surface area contributed by atoms with Crippen LogP contribution in [0.15, 0.2) is 21.6 Å². The Morgan fingerprint density at radius 1 is 1.40 bits per heavy atom. The minimum absolute atomic E-state index is 0.219. The van der Waals surface area contributed by atoms with Crippen molar-refractivity contribution in [1.29, 1.82) is 0 Å². The molecule has 5 nitrogen and oxygen atoms in total. The summed E-state index contributed by atoms with van der Waals surface area (Å²) in [6.45, 7) is 9.32. The number of halogens is 1. The third-order valence-corrected chi connectivity index (χ3v) is 5.09. The Kier molecular flexibility index (Phi) is 6.42. The molecule has 0 aromatic carbocycles. The van der Waals surface area contributed by atoms with Gasteiger partial charge >= 0.3 is 0 Å². The van der Waals surface area contributed by atoms with Gasteiger partial charge < -0.3 is 5.32 Å². The van der Waals surface area contributed by atoms with Gasteiger partial charge in [-0.05, 0) is 34.8 Å². The zero-order chi connectivity index (χ0) is 15.3. The number of rotatable bonds is 7. The maximum absolute atomic E-state index is 12.8. The Balaban J connectivity index is 3.28. The third-order valence-electron chi connectivity index (χ3n) is 2.70. The highest BCUT2D eigenvalue weighted by atomic mass is 79.9. The summed E-state index contributed by atoms with van der Waals surface area (Å²) in [6.07, 6.45) is 1.59. The third kappa shape index (κ3) is 4.17. The number of aromatic nitrogens is 1. The van der Waals surface area contributed by atoms with Crippen molar-refractivity contribution < 1.29 is 8.42 Å². The van der Waals surface area contributed by atoms with Crippen molar-refractivity contribution in [2.45, 2.75) is 32.6 Å². The average Bonchev–Trinajstić information content (AvgIpc) is 2.37. The van der Waals surface area contributed by atoms with Gasteiger partial charge in [0.25, 0.3) is 0 Å². The molecular formula is C13H22BrN3O2S. The van der Waals surface area contributed by atoms with Crippen LogP contribution in [-0.4, -0.2) is 37.3 Å². The zero-order valence-electron chi connectivity index (χ0n) is 12.4. The van der Waals surface area contributed by atoms with Gasteiger partial charge in [0.1, 0.15) is 10.7 Å². The molecule has 0 spiro atoms. The second-order valence-corrected chi connectivity index (χ2v) is 7.70. The Morgan fingerprint density at radius 3 is 2.55 bits per heavy atom. The predicted octanol–water partition coefficient (Wildman–Crippen LogP) is 2.94. The second-order valence-electron chi connectivity index (χ2n) is 4.88. The first-order valence-corrected chi connectivity index (χ1v) is 8.95. The standard InChI is InChI=1S/C13H22BrN3O2S/c1-5-15-13-12(7-11(14)8-16-13)20(18,19)17(6-2)9-10(3)4/h7-8,10H,5-6,9H2,1-4H3,(H,15,16). The summed E-state index contributed by atoms with van der Waals surface area (Å²) in [5, 5.41) is 3.00. The van der Waals surface area contributed by atoms with E-state index in [-0.39, 0.29) is 10.8 Å². The van der Waals surface area contributed by atoms with Crippen molar-refractivity contribution in [3.05, 3.63) is 16.7 Å². The van der Waals surface area contributed by atoms with Crippen molar-refractivity contribution in [3.8, 4) is 0 Å².